The summed E-state index contributed by atoms with van der Waals surface area (Å²) >= 11 is 0. The summed E-state index contributed by atoms with van der Waals surface area (Å²) in [4.78, 5) is 22.8. The van der Waals surface area contributed by atoms with Crippen LogP contribution in [0, 0.1) is 0 Å². The van der Waals surface area contributed by atoms with Gasteiger partial charge in [-0.05, 0) is 49.6 Å². The van der Waals surface area contributed by atoms with Gasteiger partial charge in [0.2, 0.25) is 0 Å². The van der Waals surface area contributed by atoms with Crippen LogP contribution in [-0.4, -0.2) is 26.0 Å². The lowest BCUT2D eigenvalue weighted by molar-refractivity contribution is -0.126. The van der Waals surface area contributed by atoms with Crippen LogP contribution in [0.15, 0.2) is 81.9 Å². The van der Waals surface area contributed by atoms with Crippen LogP contribution in [0.25, 0.3) is 10.8 Å². The van der Waals surface area contributed by atoms with Gasteiger partial charge in [0.25, 0.3) is 10.0 Å². The van der Waals surface area contributed by atoms with Gasteiger partial charge in [-0.25, -0.2) is 8.42 Å². The predicted molar refractivity (Wildman–Crippen MR) is 111 cm³/mol. The number of hydrogen-bond donors (Lipinski definition) is 1. The Morgan fingerprint density at radius 2 is 1.48 bits per heavy atom. The van der Waals surface area contributed by atoms with Crippen molar-refractivity contribution in [1.82, 2.24) is 0 Å². The summed E-state index contributed by atoms with van der Waals surface area (Å²) in [7, 11) is -3.81. The number of benzene rings is 3. The first-order valence-corrected chi connectivity index (χ1v) is 10.3. The van der Waals surface area contributed by atoms with Crippen LogP contribution in [0.5, 0.6) is 0 Å². The molecular formula is C21H19N3O4S. The summed E-state index contributed by atoms with van der Waals surface area (Å²) in [6.07, 6.45) is 0. The molecule has 0 saturated heterocycles. The smallest absolute Gasteiger partial charge is 0.261 e. The van der Waals surface area contributed by atoms with Crippen LogP contribution in [0.1, 0.15) is 13.8 Å². The number of rotatable bonds is 7. The van der Waals surface area contributed by atoms with Crippen molar-refractivity contribution in [2.24, 2.45) is 10.2 Å². The molecule has 0 amide bonds. The van der Waals surface area contributed by atoms with Crippen molar-refractivity contribution in [2.45, 2.75) is 24.8 Å². The minimum absolute atomic E-state index is 0.0547. The molecule has 0 saturated carbocycles. The van der Waals surface area contributed by atoms with E-state index in [9.17, 15) is 18.0 Å². The monoisotopic (exact) mass is 409 g/mol. The fourth-order valence-electron chi connectivity index (χ4n) is 2.78. The van der Waals surface area contributed by atoms with Crippen molar-refractivity contribution in [3.63, 3.8) is 0 Å². The third-order valence-electron chi connectivity index (χ3n) is 4.24. The average molecular weight is 409 g/mol. The number of nitrogens with one attached hydrogen (secondary N) is 1. The number of hydrogen-bond acceptors (Lipinski definition) is 6. The third-order valence-corrected chi connectivity index (χ3v) is 5.62. The van der Waals surface area contributed by atoms with E-state index in [2.05, 4.69) is 15.0 Å². The fraction of sp³-hybridized carbons (Fsp3) is 0.143. The summed E-state index contributed by atoms with van der Waals surface area (Å²) in [6, 6.07) is 17.4. The van der Waals surface area contributed by atoms with E-state index in [4.69, 9.17) is 0 Å². The lowest BCUT2D eigenvalue weighted by atomic mass is 10.1. The van der Waals surface area contributed by atoms with Crippen LogP contribution >= 0.6 is 0 Å². The second-order valence-corrected chi connectivity index (χ2v) is 8.15. The molecule has 0 atom stereocenters. The van der Waals surface area contributed by atoms with E-state index in [0.717, 1.165) is 10.8 Å². The van der Waals surface area contributed by atoms with Gasteiger partial charge < -0.3 is 0 Å². The number of Topliss-reactive ketones (excluding diaryl/α,β-unsaturated/α-hetero) is 2. The molecule has 3 aromatic carbocycles. The van der Waals surface area contributed by atoms with Gasteiger partial charge in [-0.15, -0.1) is 0 Å². The van der Waals surface area contributed by atoms with Gasteiger partial charge in [0.1, 0.15) is 0 Å². The van der Waals surface area contributed by atoms with Crippen LogP contribution in [0.3, 0.4) is 0 Å². The molecule has 0 fully saturated rings. The van der Waals surface area contributed by atoms with E-state index < -0.39 is 27.6 Å². The second-order valence-electron chi connectivity index (χ2n) is 6.47. The Hall–Kier alpha value is -3.39. The first-order valence-electron chi connectivity index (χ1n) is 8.80. The van der Waals surface area contributed by atoms with E-state index in [1.165, 1.54) is 38.1 Å². The zero-order valence-corrected chi connectivity index (χ0v) is 16.7. The fourth-order valence-corrected chi connectivity index (χ4v) is 3.86. The van der Waals surface area contributed by atoms with Gasteiger partial charge in [-0.2, -0.15) is 10.2 Å². The number of anilines is 1. The van der Waals surface area contributed by atoms with Crippen molar-refractivity contribution in [3.8, 4) is 0 Å². The number of carbonyl (C=O) groups is 2. The van der Waals surface area contributed by atoms with Crippen LogP contribution < -0.4 is 4.72 Å². The number of azo groups is 1. The zero-order valence-electron chi connectivity index (χ0n) is 15.9. The predicted octanol–water partition coefficient (Wildman–Crippen LogP) is 4.27. The van der Waals surface area contributed by atoms with Crippen molar-refractivity contribution in [3.05, 3.63) is 66.7 Å². The van der Waals surface area contributed by atoms with Crippen molar-refractivity contribution in [2.75, 3.05) is 4.72 Å². The average Bonchev–Trinajstić information content (AvgIpc) is 2.68. The van der Waals surface area contributed by atoms with Crippen molar-refractivity contribution in [1.29, 1.82) is 0 Å². The molecule has 0 aromatic heterocycles. The molecular weight excluding hydrogens is 390 g/mol. The molecule has 148 valence electrons. The summed E-state index contributed by atoms with van der Waals surface area (Å²) < 4.78 is 28.1. The highest BCUT2D eigenvalue weighted by Gasteiger charge is 2.19. The number of carbonyl (C=O) groups excluding carboxylic acids is 2. The number of fused-ring (bicyclic) bond motifs is 1. The van der Waals surface area contributed by atoms with Gasteiger partial charge in [0.15, 0.2) is 17.6 Å². The molecule has 29 heavy (non-hydrogen) atoms. The molecule has 0 heterocycles. The first-order chi connectivity index (χ1) is 13.8. The Morgan fingerprint density at radius 3 is 2.14 bits per heavy atom. The highest BCUT2D eigenvalue weighted by atomic mass is 32.2. The number of nitrogens with zero attached hydrogens (tertiary/aromatic N) is 2. The van der Waals surface area contributed by atoms with Gasteiger partial charge in [-0.1, -0.05) is 36.4 Å². The molecule has 3 aromatic rings. The Bertz CT molecular complexity index is 1180. The Labute approximate surface area is 168 Å². The second kappa shape index (κ2) is 8.32. The highest BCUT2D eigenvalue weighted by Crippen LogP contribution is 2.26. The van der Waals surface area contributed by atoms with E-state index in [0.29, 0.717) is 11.4 Å². The van der Waals surface area contributed by atoms with Crippen LogP contribution in [0.2, 0.25) is 0 Å². The highest BCUT2D eigenvalue weighted by molar-refractivity contribution is 7.92. The molecule has 0 radical (unpaired) electrons. The maximum Gasteiger partial charge on any atom is 0.261 e. The van der Waals surface area contributed by atoms with Gasteiger partial charge in [0, 0.05) is 5.39 Å². The Balaban J connectivity index is 1.83. The molecule has 3 rings (SSSR count). The van der Waals surface area contributed by atoms with Crippen molar-refractivity contribution < 1.29 is 18.0 Å². The summed E-state index contributed by atoms with van der Waals surface area (Å²) in [5.41, 5.74) is 0.819. The molecule has 0 spiro atoms. The quantitative estimate of drug-likeness (QED) is 0.465. The van der Waals surface area contributed by atoms with E-state index in [1.807, 2.05) is 30.3 Å². The summed E-state index contributed by atoms with van der Waals surface area (Å²) in [5, 5.41) is 9.33. The summed E-state index contributed by atoms with van der Waals surface area (Å²) in [6.45, 7) is 2.53. The molecule has 0 bridgehead atoms. The van der Waals surface area contributed by atoms with Crippen LogP contribution in [-0.2, 0) is 19.6 Å². The topological polar surface area (TPSA) is 105 Å². The van der Waals surface area contributed by atoms with E-state index in [1.54, 1.807) is 12.1 Å². The van der Waals surface area contributed by atoms with E-state index >= 15 is 0 Å². The van der Waals surface area contributed by atoms with Crippen molar-refractivity contribution >= 4 is 43.7 Å². The largest absolute Gasteiger partial charge is 0.297 e. The lowest BCUT2D eigenvalue weighted by Crippen LogP contribution is -2.23. The van der Waals surface area contributed by atoms with E-state index in [-0.39, 0.29) is 4.90 Å². The standard InChI is InChI=1S/C21H19N3O4S/c1-14(25)21(15(2)26)23-22-17-10-12-18(13-11-17)29(27,28)24-20-9-5-7-16-6-3-4-8-19(16)20/h3-13,21,24H,1-2H3. The van der Waals surface area contributed by atoms with Gasteiger partial charge in [-0.3, -0.25) is 14.3 Å². The molecule has 0 aliphatic carbocycles. The molecule has 7 nitrogen and oxygen atoms in total. The maximum atomic E-state index is 12.7. The number of sulfonamides is 1. The molecule has 1 N–H and O–H groups in total. The van der Waals surface area contributed by atoms with Crippen LogP contribution in [0.4, 0.5) is 11.4 Å². The third kappa shape index (κ3) is 4.72. The number of ketones is 2. The Morgan fingerprint density at radius 1 is 0.862 bits per heavy atom. The molecule has 0 aliphatic rings. The minimum Gasteiger partial charge on any atom is -0.297 e. The molecule has 0 aliphatic heterocycles. The first kappa shape index (κ1) is 20.3. The molecule has 0 unspecified atom stereocenters. The maximum absolute atomic E-state index is 12.7. The lowest BCUT2D eigenvalue weighted by Gasteiger charge is -2.11. The minimum atomic E-state index is -3.81. The van der Waals surface area contributed by atoms with Gasteiger partial charge in [0.05, 0.1) is 16.3 Å². The molecule has 8 heteroatoms. The zero-order chi connectivity index (χ0) is 21.0. The normalized spacial score (nSPS) is 11.8. The van der Waals surface area contributed by atoms with Gasteiger partial charge >= 0.3 is 0 Å². The Kier molecular flexibility index (Phi) is 5.84. The summed E-state index contributed by atoms with van der Waals surface area (Å²) in [5.74, 6) is -0.806. The SMILES string of the molecule is CC(=O)C(N=Nc1ccc(S(=O)(=O)Nc2cccc3ccccc23)cc1)C(C)=O.